The van der Waals surface area contributed by atoms with Crippen molar-refractivity contribution in [2.24, 2.45) is 0 Å². The Morgan fingerprint density at radius 3 is 1.84 bits per heavy atom. The van der Waals surface area contributed by atoms with Gasteiger partial charge in [-0.2, -0.15) is 0 Å². The number of furan rings is 1. The van der Waals surface area contributed by atoms with Crippen LogP contribution in [0.1, 0.15) is 11.1 Å². The summed E-state index contributed by atoms with van der Waals surface area (Å²) >= 11 is 0. The molecule has 0 unspecified atom stereocenters. The number of rotatable bonds is 5. The van der Waals surface area contributed by atoms with Crippen molar-refractivity contribution in [3.8, 4) is 56.5 Å². The van der Waals surface area contributed by atoms with Gasteiger partial charge >= 0.3 is 0 Å². The molecule has 0 atom stereocenters. The summed E-state index contributed by atoms with van der Waals surface area (Å²) in [4.78, 5) is 19.6. The van der Waals surface area contributed by atoms with Crippen molar-refractivity contribution in [3.63, 3.8) is 0 Å². The number of fused-ring (bicyclic) bond motifs is 3. The summed E-state index contributed by atoms with van der Waals surface area (Å²) in [5.74, 6) is 1.86. The normalized spacial score (nSPS) is 11.3. The van der Waals surface area contributed by atoms with Gasteiger partial charge in [0, 0.05) is 39.2 Å². The van der Waals surface area contributed by atoms with Crippen molar-refractivity contribution in [2.45, 2.75) is 13.8 Å². The molecule has 0 amide bonds. The van der Waals surface area contributed by atoms with Gasteiger partial charge in [0.2, 0.25) is 0 Å². The number of hydrogen-bond acceptors (Lipinski definition) is 5. The van der Waals surface area contributed by atoms with E-state index in [-0.39, 0.29) is 0 Å². The molecule has 0 aliphatic rings. The molecule has 0 spiro atoms. The van der Waals surface area contributed by atoms with Crippen LogP contribution in [-0.2, 0) is 0 Å². The van der Waals surface area contributed by atoms with Crippen LogP contribution in [0, 0.1) is 13.8 Å². The fourth-order valence-electron chi connectivity index (χ4n) is 5.95. The first-order valence-electron chi connectivity index (χ1n) is 15.0. The molecule has 0 aliphatic heterocycles. The summed E-state index contributed by atoms with van der Waals surface area (Å²) in [6, 6.07) is 43.2. The second-order valence-electron chi connectivity index (χ2n) is 11.2. The summed E-state index contributed by atoms with van der Waals surface area (Å²) in [5, 5.41) is 1.99. The topological polar surface area (TPSA) is 64.7 Å². The first kappa shape index (κ1) is 26.7. The fourth-order valence-corrected chi connectivity index (χ4v) is 5.95. The summed E-state index contributed by atoms with van der Waals surface area (Å²) in [6.45, 7) is 4.24. The standard InChI is InChI=1S/C40H28N4O/c1-25-18-19-29(23-32(25)37-26(2)11-10-22-41-37)30-20-21-34-33(24-30)36-31(16-9-17-35(36)45-34)40-43-38(27-12-5-3-6-13-27)42-39(44-40)28-14-7-4-8-15-28/h3-24H,1-2H3. The van der Waals surface area contributed by atoms with Crippen LogP contribution < -0.4 is 0 Å². The van der Waals surface area contributed by atoms with Crippen molar-refractivity contribution in [1.29, 1.82) is 0 Å². The third-order valence-electron chi connectivity index (χ3n) is 8.27. The number of aromatic nitrogens is 4. The van der Waals surface area contributed by atoms with Crippen LogP contribution in [0.2, 0.25) is 0 Å². The maximum atomic E-state index is 6.38. The smallest absolute Gasteiger partial charge is 0.164 e. The second-order valence-corrected chi connectivity index (χ2v) is 11.2. The predicted octanol–water partition coefficient (Wildman–Crippen LogP) is 10.1. The molecule has 5 nitrogen and oxygen atoms in total. The molecule has 0 saturated heterocycles. The first-order valence-corrected chi connectivity index (χ1v) is 15.0. The number of aryl methyl sites for hydroxylation is 2. The van der Waals surface area contributed by atoms with Gasteiger partial charge < -0.3 is 4.42 Å². The monoisotopic (exact) mass is 580 g/mol. The molecule has 5 heteroatoms. The predicted molar refractivity (Wildman–Crippen MR) is 182 cm³/mol. The van der Waals surface area contributed by atoms with Gasteiger partial charge in [-0.25, -0.2) is 15.0 Å². The third-order valence-corrected chi connectivity index (χ3v) is 8.27. The van der Waals surface area contributed by atoms with E-state index in [2.05, 4.69) is 62.4 Å². The highest BCUT2D eigenvalue weighted by molar-refractivity contribution is 6.12. The maximum Gasteiger partial charge on any atom is 0.164 e. The van der Waals surface area contributed by atoms with Gasteiger partial charge in [0.15, 0.2) is 17.5 Å². The molecule has 8 aromatic rings. The molecule has 0 bridgehead atoms. The van der Waals surface area contributed by atoms with E-state index in [1.54, 1.807) is 0 Å². The minimum Gasteiger partial charge on any atom is -0.456 e. The Hall–Kier alpha value is -5.94. The Morgan fingerprint density at radius 1 is 0.467 bits per heavy atom. The molecule has 0 saturated carbocycles. The first-order chi connectivity index (χ1) is 22.1. The average Bonchev–Trinajstić information content (AvgIpc) is 3.48. The lowest BCUT2D eigenvalue weighted by molar-refractivity contribution is 0.669. The average molecular weight is 581 g/mol. The third kappa shape index (κ3) is 4.85. The molecule has 0 fully saturated rings. The molecule has 8 rings (SSSR count). The van der Waals surface area contributed by atoms with Gasteiger partial charge in [-0.1, -0.05) is 97.1 Å². The zero-order valence-corrected chi connectivity index (χ0v) is 24.9. The van der Waals surface area contributed by atoms with E-state index in [1.807, 2.05) is 85.1 Å². The Balaban J connectivity index is 1.32. The van der Waals surface area contributed by atoms with Crippen LogP contribution >= 0.6 is 0 Å². The van der Waals surface area contributed by atoms with Crippen LogP contribution in [0.15, 0.2) is 138 Å². The highest BCUT2D eigenvalue weighted by atomic mass is 16.3. The lowest BCUT2D eigenvalue weighted by Gasteiger charge is -2.11. The van der Waals surface area contributed by atoms with Gasteiger partial charge in [-0.15, -0.1) is 0 Å². The Bertz CT molecular complexity index is 2290. The number of nitrogens with zero attached hydrogens (tertiary/aromatic N) is 4. The molecular formula is C40H28N4O. The minimum absolute atomic E-state index is 0.602. The van der Waals surface area contributed by atoms with Crippen LogP contribution in [0.5, 0.6) is 0 Å². The van der Waals surface area contributed by atoms with Gasteiger partial charge in [0.05, 0.1) is 5.69 Å². The van der Waals surface area contributed by atoms with Crippen molar-refractivity contribution in [1.82, 2.24) is 19.9 Å². The van der Waals surface area contributed by atoms with Gasteiger partial charge in [0.1, 0.15) is 11.2 Å². The lowest BCUT2D eigenvalue weighted by Crippen LogP contribution is -2.00. The number of hydrogen-bond donors (Lipinski definition) is 0. The summed E-state index contributed by atoms with van der Waals surface area (Å²) in [7, 11) is 0. The van der Waals surface area contributed by atoms with Crippen molar-refractivity contribution >= 4 is 21.9 Å². The number of pyridine rings is 1. The van der Waals surface area contributed by atoms with E-state index in [9.17, 15) is 0 Å². The maximum absolute atomic E-state index is 6.38. The lowest BCUT2D eigenvalue weighted by atomic mass is 9.95. The van der Waals surface area contributed by atoms with Gasteiger partial charge in [-0.3, -0.25) is 4.98 Å². The van der Waals surface area contributed by atoms with E-state index < -0.39 is 0 Å². The minimum atomic E-state index is 0.602. The molecule has 45 heavy (non-hydrogen) atoms. The van der Waals surface area contributed by atoms with Crippen LogP contribution in [0.4, 0.5) is 0 Å². The van der Waals surface area contributed by atoms with Crippen LogP contribution in [-0.4, -0.2) is 19.9 Å². The summed E-state index contributed by atoms with van der Waals surface area (Å²) < 4.78 is 6.38. The number of benzene rings is 5. The molecule has 3 aromatic heterocycles. The quantitative estimate of drug-likeness (QED) is 0.203. The highest BCUT2D eigenvalue weighted by Crippen LogP contribution is 2.39. The van der Waals surface area contributed by atoms with E-state index in [1.165, 1.54) is 5.56 Å². The van der Waals surface area contributed by atoms with Gasteiger partial charge in [0.25, 0.3) is 0 Å². The SMILES string of the molecule is Cc1ccc(-c2ccc3oc4cccc(-c5nc(-c6ccccc6)nc(-c6ccccc6)n5)c4c3c2)cc1-c1ncccc1C. The van der Waals surface area contributed by atoms with Crippen LogP contribution in [0.25, 0.3) is 78.5 Å². The van der Waals surface area contributed by atoms with E-state index in [4.69, 9.17) is 24.4 Å². The molecule has 0 radical (unpaired) electrons. The van der Waals surface area contributed by atoms with Gasteiger partial charge in [-0.05, 0) is 66.4 Å². The Labute approximate surface area is 260 Å². The molecule has 5 aromatic carbocycles. The van der Waals surface area contributed by atoms with E-state index in [0.717, 1.165) is 66.6 Å². The van der Waals surface area contributed by atoms with E-state index in [0.29, 0.717) is 17.5 Å². The van der Waals surface area contributed by atoms with E-state index >= 15 is 0 Å². The molecule has 0 aliphatic carbocycles. The largest absolute Gasteiger partial charge is 0.456 e. The summed E-state index contributed by atoms with van der Waals surface area (Å²) in [5.41, 5.74) is 11.1. The summed E-state index contributed by atoms with van der Waals surface area (Å²) in [6.07, 6.45) is 1.85. The molecule has 214 valence electrons. The van der Waals surface area contributed by atoms with Crippen molar-refractivity contribution in [3.05, 3.63) is 145 Å². The van der Waals surface area contributed by atoms with Crippen molar-refractivity contribution in [2.75, 3.05) is 0 Å². The van der Waals surface area contributed by atoms with Crippen molar-refractivity contribution < 1.29 is 4.42 Å². The molecular weight excluding hydrogens is 552 g/mol. The zero-order chi connectivity index (χ0) is 30.3. The fraction of sp³-hybridized carbons (Fsp3) is 0.0500. The second kappa shape index (κ2) is 11.0. The Morgan fingerprint density at radius 2 is 1.13 bits per heavy atom. The zero-order valence-electron chi connectivity index (χ0n) is 24.9. The van der Waals surface area contributed by atoms with Crippen LogP contribution in [0.3, 0.4) is 0 Å². The Kier molecular flexibility index (Phi) is 6.50. The molecule has 0 N–H and O–H groups in total. The molecule has 3 heterocycles. The highest BCUT2D eigenvalue weighted by Gasteiger charge is 2.18.